The summed E-state index contributed by atoms with van der Waals surface area (Å²) in [5.41, 5.74) is 8.28. The Morgan fingerprint density at radius 1 is 1.31 bits per heavy atom. The fraction of sp³-hybridized carbons (Fsp3) is 0.182. The molecule has 13 heavy (non-hydrogen) atoms. The van der Waals surface area contributed by atoms with Crippen LogP contribution in [0.5, 0.6) is 0 Å². The number of aryl methyl sites for hydroxylation is 1. The average Bonchev–Trinajstić information content (AvgIpc) is 2.04. The molecular weight excluding hydrogens is 162 g/mol. The van der Waals surface area contributed by atoms with Crippen LogP contribution < -0.4 is 5.73 Å². The zero-order valence-electron chi connectivity index (χ0n) is 7.87. The van der Waals surface area contributed by atoms with Crippen molar-refractivity contribution in [3.8, 4) is 0 Å². The summed E-state index contributed by atoms with van der Waals surface area (Å²) in [6.45, 7) is 3.50. The maximum absolute atomic E-state index is 10.7. The molecule has 0 aliphatic heterocycles. The summed E-state index contributed by atoms with van der Waals surface area (Å²) < 4.78 is 0. The quantitative estimate of drug-likeness (QED) is 0.697. The van der Waals surface area contributed by atoms with E-state index in [4.69, 9.17) is 5.73 Å². The third-order valence-electron chi connectivity index (χ3n) is 1.74. The summed E-state index contributed by atoms with van der Waals surface area (Å²) in [6.07, 6.45) is 1.44. The van der Waals surface area contributed by atoms with Crippen LogP contribution in [0, 0.1) is 6.92 Å². The Kier molecular flexibility index (Phi) is 2.85. The van der Waals surface area contributed by atoms with E-state index in [0.29, 0.717) is 5.70 Å². The predicted molar refractivity (Wildman–Crippen MR) is 54.0 cm³/mol. The number of hydrogen-bond acceptors (Lipinski definition) is 2. The zero-order valence-corrected chi connectivity index (χ0v) is 7.87. The smallest absolute Gasteiger partial charge is 0.154 e. The van der Waals surface area contributed by atoms with Gasteiger partial charge in [-0.1, -0.05) is 29.8 Å². The molecule has 2 N–H and O–H groups in total. The van der Waals surface area contributed by atoms with Crippen LogP contribution >= 0.6 is 0 Å². The van der Waals surface area contributed by atoms with Gasteiger partial charge in [0, 0.05) is 11.8 Å². The van der Waals surface area contributed by atoms with Gasteiger partial charge in [-0.05, 0) is 19.4 Å². The molecule has 0 amide bonds. The first-order chi connectivity index (χ1) is 6.09. The number of hydrogen-bond donors (Lipinski definition) is 1. The minimum atomic E-state index is -0.0296. The predicted octanol–water partition coefficient (Wildman–Crippen LogP) is 1.88. The van der Waals surface area contributed by atoms with Crippen molar-refractivity contribution in [1.29, 1.82) is 0 Å². The summed E-state index contributed by atoms with van der Waals surface area (Å²) in [5.74, 6) is -0.0296. The van der Waals surface area contributed by atoms with Gasteiger partial charge in [0.25, 0.3) is 0 Å². The molecule has 1 rings (SSSR count). The average molecular weight is 175 g/mol. The highest BCUT2D eigenvalue weighted by molar-refractivity contribution is 5.94. The molecule has 1 aromatic carbocycles. The van der Waals surface area contributed by atoms with E-state index in [2.05, 4.69) is 0 Å². The molecule has 0 fully saturated rings. The monoisotopic (exact) mass is 175 g/mol. The second kappa shape index (κ2) is 3.90. The van der Waals surface area contributed by atoms with Crippen LogP contribution in [-0.4, -0.2) is 5.78 Å². The van der Waals surface area contributed by atoms with E-state index in [1.165, 1.54) is 18.6 Å². The molecule has 0 bridgehead atoms. The van der Waals surface area contributed by atoms with Gasteiger partial charge in [0.05, 0.1) is 0 Å². The van der Waals surface area contributed by atoms with Gasteiger partial charge in [-0.15, -0.1) is 0 Å². The fourth-order valence-corrected chi connectivity index (χ4v) is 1.05. The third kappa shape index (κ3) is 2.75. The van der Waals surface area contributed by atoms with Gasteiger partial charge >= 0.3 is 0 Å². The highest BCUT2D eigenvalue weighted by Gasteiger charge is 1.96. The Morgan fingerprint density at radius 3 is 2.31 bits per heavy atom. The van der Waals surface area contributed by atoms with Crippen molar-refractivity contribution >= 4 is 11.5 Å². The lowest BCUT2D eigenvalue weighted by molar-refractivity contribution is -0.112. The number of rotatable bonds is 2. The van der Waals surface area contributed by atoms with Crippen LogP contribution in [0.2, 0.25) is 0 Å². The van der Waals surface area contributed by atoms with E-state index in [1.54, 1.807) is 0 Å². The molecule has 0 aliphatic rings. The molecule has 0 saturated heterocycles. The molecular formula is C11H13NO. The van der Waals surface area contributed by atoms with E-state index < -0.39 is 0 Å². The number of ketones is 1. The molecule has 2 nitrogen and oxygen atoms in total. The molecule has 0 heterocycles. The Balaban J connectivity index is 2.96. The molecule has 0 atom stereocenters. The summed E-state index contributed by atoms with van der Waals surface area (Å²) in [6, 6.07) is 7.75. The van der Waals surface area contributed by atoms with Crippen LogP contribution in [0.3, 0.4) is 0 Å². The van der Waals surface area contributed by atoms with Gasteiger partial charge in [-0.2, -0.15) is 0 Å². The zero-order chi connectivity index (χ0) is 9.84. The molecule has 0 aromatic heterocycles. The van der Waals surface area contributed by atoms with Gasteiger partial charge in [0.2, 0.25) is 0 Å². The minimum absolute atomic E-state index is 0.0296. The normalized spacial score (nSPS) is 11.4. The van der Waals surface area contributed by atoms with Crippen molar-refractivity contribution in [3.63, 3.8) is 0 Å². The van der Waals surface area contributed by atoms with Gasteiger partial charge in [-0.25, -0.2) is 0 Å². The van der Waals surface area contributed by atoms with Crippen molar-refractivity contribution in [3.05, 3.63) is 41.5 Å². The molecule has 2 heteroatoms. The topological polar surface area (TPSA) is 43.1 Å². The van der Waals surface area contributed by atoms with Gasteiger partial charge in [0.15, 0.2) is 5.78 Å². The second-order valence-electron chi connectivity index (χ2n) is 3.08. The minimum Gasteiger partial charge on any atom is -0.398 e. The molecule has 0 unspecified atom stereocenters. The fourth-order valence-electron chi connectivity index (χ4n) is 1.05. The van der Waals surface area contributed by atoms with E-state index in [9.17, 15) is 4.79 Å². The summed E-state index contributed by atoms with van der Waals surface area (Å²) >= 11 is 0. The molecule has 0 saturated carbocycles. The van der Waals surface area contributed by atoms with E-state index >= 15 is 0 Å². The molecule has 68 valence electrons. The first-order valence-corrected chi connectivity index (χ1v) is 4.14. The van der Waals surface area contributed by atoms with Gasteiger partial charge in [0.1, 0.15) is 0 Å². The highest BCUT2D eigenvalue weighted by Crippen LogP contribution is 2.09. The summed E-state index contributed by atoms with van der Waals surface area (Å²) in [4.78, 5) is 10.7. The summed E-state index contributed by atoms with van der Waals surface area (Å²) in [7, 11) is 0. The second-order valence-corrected chi connectivity index (χ2v) is 3.08. The van der Waals surface area contributed by atoms with E-state index in [-0.39, 0.29) is 5.78 Å². The molecule has 0 spiro atoms. The van der Waals surface area contributed by atoms with Gasteiger partial charge in [-0.3, -0.25) is 4.79 Å². The maximum Gasteiger partial charge on any atom is 0.154 e. The Hall–Kier alpha value is -1.57. The van der Waals surface area contributed by atoms with Gasteiger partial charge < -0.3 is 5.73 Å². The maximum atomic E-state index is 10.7. The van der Waals surface area contributed by atoms with Crippen molar-refractivity contribution in [2.45, 2.75) is 13.8 Å². The first-order valence-electron chi connectivity index (χ1n) is 4.14. The third-order valence-corrected chi connectivity index (χ3v) is 1.74. The van der Waals surface area contributed by atoms with Crippen molar-refractivity contribution in [2.24, 2.45) is 5.73 Å². The highest BCUT2D eigenvalue weighted by atomic mass is 16.1. The molecule has 1 aromatic rings. The number of allylic oxidation sites excluding steroid dienone is 1. The Morgan fingerprint density at radius 2 is 1.85 bits per heavy atom. The standard InChI is InChI=1S/C11H13NO/c1-8-3-5-10(6-4-8)11(12)7-9(2)13/h3-7H,12H2,1-2H3/b11-7+. The largest absolute Gasteiger partial charge is 0.398 e. The first kappa shape index (κ1) is 9.52. The van der Waals surface area contributed by atoms with Crippen molar-refractivity contribution in [1.82, 2.24) is 0 Å². The van der Waals surface area contributed by atoms with Crippen LogP contribution in [0.15, 0.2) is 30.3 Å². The Labute approximate surface area is 78.1 Å². The summed E-state index contributed by atoms with van der Waals surface area (Å²) in [5, 5.41) is 0. The lowest BCUT2D eigenvalue weighted by Gasteiger charge is -2.00. The number of nitrogens with two attached hydrogens (primary N) is 1. The van der Waals surface area contributed by atoms with Crippen LogP contribution in [0.25, 0.3) is 5.70 Å². The lowest BCUT2D eigenvalue weighted by atomic mass is 10.1. The lowest BCUT2D eigenvalue weighted by Crippen LogP contribution is -1.98. The van der Waals surface area contributed by atoms with E-state index in [1.807, 2.05) is 31.2 Å². The van der Waals surface area contributed by atoms with Crippen molar-refractivity contribution < 1.29 is 4.79 Å². The molecule has 0 aliphatic carbocycles. The number of carbonyl (C=O) groups excluding carboxylic acids is 1. The van der Waals surface area contributed by atoms with Crippen LogP contribution in [0.1, 0.15) is 18.1 Å². The van der Waals surface area contributed by atoms with E-state index in [0.717, 1.165) is 5.56 Å². The number of carbonyl (C=O) groups is 1. The van der Waals surface area contributed by atoms with Crippen LogP contribution in [-0.2, 0) is 4.79 Å². The van der Waals surface area contributed by atoms with Crippen LogP contribution in [0.4, 0.5) is 0 Å². The number of benzene rings is 1. The Bertz CT molecular complexity index is 336. The van der Waals surface area contributed by atoms with Crippen molar-refractivity contribution in [2.75, 3.05) is 0 Å². The molecule has 0 radical (unpaired) electrons. The SMILES string of the molecule is CC(=O)/C=C(/N)c1ccc(C)cc1.